The van der Waals surface area contributed by atoms with Crippen LogP contribution in [0.4, 0.5) is 0 Å². The topological polar surface area (TPSA) is 62.6 Å². The lowest BCUT2D eigenvalue weighted by Gasteiger charge is -2.30. The van der Waals surface area contributed by atoms with E-state index in [2.05, 4.69) is 5.32 Å². The average molecular weight is 328 g/mol. The fourth-order valence-corrected chi connectivity index (χ4v) is 2.39. The van der Waals surface area contributed by atoms with Crippen molar-refractivity contribution in [2.45, 2.75) is 39.9 Å². The maximum absolute atomic E-state index is 12.6. The third-order valence-corrected chi connectivity index (χ3v) is 3.84. The number of nitrogens with one attached hydrogen (secondary N) is 1. The molecule has 24 heavy (non-hydrogen) atoms. The second kappa shape index (κ2) is 8.34. The van der Waals surface area contributed by atoms with Crippen molar-refractivity contribution < 1.29 is 14.0 Å². The van der Waals surface area contributed by atoms with Gasteiger partial charge in [0.2, 0.25) is 11.8 Å². The quantitative estimate of drug-likeness (QED) is 0.850. The molecule has 1 N–H and O–H groups in total. The Morgan fingerprint density at radius 3 is 2.38 bits per heavy atom. The molecule has 1 atom stereocenters. The van der Waals surface area contributed by atoms with Gasteiger partial charge >= 0.3 is 0 Å². The molecule has 0 spiro atoms. The summed E-state index contributed by atoms with van der Waals surface area (Å²) in [6.07, 6.45) is 1.56. The largest absolute Gasteiger partial charge is 0.467 e. The first-order valence-corrected chi connectivity index (χ1v) is 8.13. The normalized spacial score (nSPS) is 12.0. The lowest BCUT2D eigenvalue weighted by Crippen LogP contribution is -2.48. The van der Waals surface area contributed by atoms with Crippen molar-refractivity contribution >= 4 is 11.8 Å². The lowest BCUT2D eigenvalue weighted by atomic mass is 10.1. The number of carbonyl (C=O) groups is 2. The summed E-state index contributed by atoms with van der Waals surface area (Å²) in [7, 11) is 0. The van der Waals surface area contributed by atoms with Crippen LogP contribution in [0.1, 0.15) is 32.1 Å². The SMILES string of the molecule is CC(C)C(=O)N(Cc1ccccc1)[C@@H](C)C(=O)NCc1ccco1. The highest BCUT2D eigenvalue weighted by Gasteiger charge is 2.27. The summed E-state index contributed by atoms with van der Waals surface area (Å²) >= 11 is 0. The van der Waals surface area contributed by atoms with Crippen molar-refractivity contribution in [3.05, 3.63) is 60.1 Å². The molecule has 0 aliphatic heterocycles. The van der Waals surface area contributed by atoms with Crippen molar-refractivity contribution in [2.24, 2.45) is 5.92 Å². The number of carbonyl (C=O) groups excluding carboxylic acids is 2. The highest BCUT2D eigenvalue weighted by molar-refractivity contribution is 5.88. The minimum atomic E-state index is -0.560. The van der Waals surface area contributed by atoms with Crippen LogP contribution in [0.25, 0.3) is 0 Å². The van der Waals surface area contributed by atoms with Gasteiger partial charge in [0.1, 0.15) is 11.8 Å². The van der Waals surface area contributed by atoms with E-state index in [1.54, 1.807) is 30.2 Å². The van der Waals surface area contributed by atoms with Gasteiger partial charge in [0.05, 0.1) is 12.8 Å². The van der Waals surface area contributed by atoms with Gasteiger partial charge in [-0.2, -0.15) is 0 Å². The van der Waals surface area contributed by atoms with Crippen molar-refractivity contribution in [3.8, 4) is 0 Å². The Hall–Kier alpha value is -2.56. The van der Waals surface area contributed by atoms with Crippen molar-refractivity contribution in [1.82, 2.24) is 10.2 Å². The summed E-state index contributed by atoms with van der Waals surface area (Å²) in [6.45, 7) is 6.15. The predicted octanol–water partition coefficient (Wildman–Crippen LogP) is 2.97. The van der Waals surface area contributed by atoms with Crippen LogP contribution in [0, 0.1) is 5.92 Å². The van der Waals surface area contributed by atoms with Crippen LogP contribution in [0.3, 0.4) is 0 Å². The van der Waals surface area contributed by atoms with Gasteiger partial charge in [-0.15, -0.1) is 0 Å². The molecular formula is C19H24N2O3. The first kappa shape index (κ1) is 17.8. The van der Waals surface area contributed by atoms with Gasteiger partial charge in [0, 0.05) is 12.5 Å². The third-order valence-electron chi connectivity index (χ3n) is 3.84. The molecule has 1 aromatic heterocycles. The molecule has 0 unspecified atom stereocenters. The fraction of sp³-hybridized carbons (Fsp3) is 0.368. The first-order valence-electron chi connectivity index (χ1n) is 8.13. The van der Waals surface area contributed by atoms with Crippen LogP contribution in [-0.4, -0.2) is 22.8 Å². The number of amides is 2. The number of benzene rings is 1. The van der Waals surface area contributed by atoms with Gasteiger partial charge in [-0.1, -0.05) is 44.2 Å². The second-order valence-corrected chi connectivity index (χ2v) is 6.08. The summed E-state index contributed by atoms with van der Waals surface area (Å²) in [6, 6.07) is 12.7. The molecule has 128 valence electrons. The van der Waals surface area contributed by atoms with E-state index in [0.717, 1.165) is 5.56 Å². The van der Waals surface area contributed by atoms with Crippen molar-refractivity contribution in [1.29, 1.82) is 0 Å². The van der Waals surface area contributed by atoms with Gasteiger partial charge in [0.15, 0.2) is 0 Å². The van der Waals surface area contributed by atoms with Gasteiger partial charge in [-0.3, -0.25) is 9.59 Å². The van der Waals surface area contributed by atoms with Crippen LogP contribution in [-0.2, 0) is 22.7 Å². The van der Waals surface area contributed by atoms with Gasteiger partial charge in [0.25, 0.3) is 0 Å². The minimum Gasteiger partial charge on any atom is -0.467 e. The van der Waals surface area contributed by atoms with Crippen molar-refractivity contribution in [3.63, 3.8) is 0 Å². The van der Waals surface area contributed by atoms with Gasteiger partial charge in [-0.05, 0) is 24.6 Å². The molecule has 2 amide bonds. The molecule has 0 bridgehead atoms. The Bertz CT molecular complexity index is 651. The molecule has 1 aromatic carbocycles. The predicted molar refractivity (Wildman–Crippen MR) is 91.8 cm³/mol. The summed E-state index contributed by atoms with van der Waals surface area (Å²) in [4.78, 5) is 26.6. The molecule has 0 saturated heterocycles. The lowest BCUT2D eigenvalue weighted by molar-refractivity contribution is -0.143. The maximum atomic E-state index is 12.6. The standard InChI is InChI=1S/C19H24N2O3/c1-14(2)19(23)21(13-16-8-5-4-6-9-16)15(3)18(22)20-12-17-10-7-11-24-17/h4-11,14-15H,12-13H2,1-3H3,(H,20,22)/t15-/m0/s1. The molecule has 2 aromatic rings. The fourth-order valence-electron chi connectivity index (χ4n) is 2.39. The van der Waals surface area contributed by atoms with E-state index in [-0.39, 0.29) is 17.7 Å². The zero-order chi connectivity index (χ0) is 17.5. The summed E-state index contributed by atoms with van der Waals surface area (Å²) < 4.78 is 5.21. The minimum absolute atomic E-state index is 0.0421. The Balaban J connectivity index is 2.06. The van der Waals surface area contributed by atoms with Crippen LogP contribution in [0.2, 0.25) is 0 Å². The van der Waals surface area contributed by atoms with Crippen molar-refractivity contribution in [2.75, 3.05) is 0 Å². The van der Waals surface area contributed by atoms with E-state index in [0.29, 0.717) is 18.8 Å². The van der Waals surface area contributed by atoms with Crippen LogP contribution >= 0.6 is 0 Å². The zero-order valence-electron chi connectivity index (χ0n) is 14.4. The molecule has 2 rings (SSSR count). The van der Waals surface area contributed by atoms with Crippen LogP contribution < -0.4 is 5.32 Å². The highest BCUT2D eigenvalue weighted by atomic mass is 16.3. The number of rotatable bonds is 7. The van der Waals surface area contributed by atoms with Gasteiger partial charge < -0.3 is 14.6 Å². The number of hydrogen-bond donors (Lipinski definition) is 1. The van der Waals surface area contributed by atoms with E-state index in [1.807, 2.05) is 44.2 Å². The monoisotopic (exact) mass is 328 g/mol. The Kier molecular flexibility index (Phi) is 6.18. The third kappa shape index (κ3) is 4.72. The Labute approximate surface area is 142 Å². The van der Waals surface area contributed by atoms with Gasteiger partial charge in [-0.25, -0.2) is 0 Å². The molecule has 0 saturated carbocycles. The Morgan fingerprint density at radius 2 is 1.79 bits per heavy atom. The van der Waals surface area contributed by atoms with E-state index in [9.17, 15) is 9.59 Å². The van der Waals surface area contributed by atoms with E-state index in [1.165, 1.54) is 0 Å². The molecular weight excluding hydrogens is 304 g/mol. The summed E-state index contributed by atoms with van der Waals surface area (Å²) in [5, 5.41) is 2.82. The smallest absolute Gasteiger partial charge is 0.242 e. The number of hydrogen-bond acceptors (Lipinski definition) is 3. The molecule has 0 aliphatic rings. The molecule has 0 radical (unpaired) electrons. The van der Waals surface area contributed by atoms with Crippen LogP contribution in [0.15, 0.2) is 53.1 Å². The average Bonchev–Trinajstić information content (AvgIpc) is 3.10. The molecule has 0 fully saturated rings. The van der Waals surface area contributed by atoms with Crippen LogP contribution in [0.5, 0.6) is 0 Å². The second-order valence-electron chi connectivity index (χ2n) is 6.08. The molecule has 1 heterocycles. The Morgan fingerprint density at radius 1 is 1.08 bits per heavy atom. The van der Waals surface area contributed by atoms with E-state index in [4.69, 9.17) is 4.42 Å². The molecule has 5 nitrogen and oxygen atoms in total. The maximum Gasteiger partial charge on any atom is 0.242 e. The molecule has 5 heteroatoms. The number of furan rings is 1. The number of nitrogens with zero attached hydrogens (tertiary/aromatic N) is 1. The first-order chi connectivity index (χ1) is 11.5. The summed E-state index contributed by atoms with van der Waals surface area (Å²) in [5.74, 6) is 0.269. The highest BCUT2D eigenvalue weighted by Crippen LogP contribution is 2.13. The van der Waals surface area contributed by atoms with E-state index < -0.39 is 6.04 Å². The molecule has 0 aliphatic carbocycles. The zero-order valence-corrected chi connectivity index (χ0v) is 14.4. The van der Waals surface area contributed by atoms with E-state index >= 15 is 0 Å². The summed E-state index contributed by atoms with van der Waals surface area (Å²) in [5.41, 5.74) is 0.997.